The summed E-state index contributed by atoms with van der Waals surface area (Å²) in [6.45, 7) is 3.77. The molecule has 0 amide bonds. The van der Waals surface area contributed by atoms with Gasteiger partial charge in [0.25, 0.3) is 0 Å². The van der Waals surface area contributed by atoms with Crippen LogP contribution in [-0.2, 0) is 25.4 Å². The SMILES string of the molecule is COC(=O)C=C[C@H]1OC(C)(C)O[C@@H]1CCc1ccccc1. The number of methoxy groups -OCH3 is 1. The van der Waals surface area contributed by atoms with E-state index in [1.54, 1.807) is 6.08 Å². The van der Waals surface area contributed by atoms with Crippen molar-refractivity contribution in [2.75, 3.05) is 7.11 Å². The molecule has 1 aromatic rings. The van der Waals surface area contributed by atoms with Crippen LogP contribution in [0.1, 0.15) is 25.8 Å². The molecule has 4 heteroatoms. The first-order valence-corrected chi connectivity index (χ1v) is 7.16. The maximum absolute atomic E-state index is 11.2. The molecule has 0 aliphatic carbocycles. The normalized spacial score (nSPS) is 24.3. The minimum Gasteiger partial charge on any atom is -0.466 e. The van der Waals surface area contributed by atoms with E-state index >= 15 is 0 Å². The van der Waals surface area contributed by atoms with Gasteiger partial charge in [0.1, 0.15) is 6.10 Å². The van der Waals surface area contributed by atoms with Gasteiger partial charge >= 0.3 is 5.97 Å². The second-order valence-corrected chi connectivity index (χ2v) is 5.55. The van der Waals surface area contributed by atoms with E-state index < -0.39 is 5.79 Å². The maximum atomic E-state index is 11.2. The Bertz CT molecular complexity index is 493. The smallest absolute Gasteiger partial charge is 0.330 e. The molecule has 21 heavy (non-hydrogen) atoms. The molecular weight excluding hydrogens is 268 g/mol. The van der Waals surface area contributed by atoms with E-state index in [1.165, 1.54) is 18.7 Å². The van der Waals surface area contributed by atoms with Crippen LogP contribution in [0.3, 0.4) is 0 Å². The van der Waals surface area contributed by atoms with Gasteiger partial charge in [-0.1, -0.05) is 30.3 Å². The average molecular weight is 290 g/mol. The van der Waals surface area contributed by atoms with Crippen LogP contribution in [0.15, 0.2) is 42.5 Å². The van der Waals surface area contributed by atoms with E-state index in [4.69, 9.17) is 9.47 Å². The lowest BCUT2D eigenvalue weighted by Gasteiger charge is -2.16. The molecule has 1 saturated heterocycles. The molecule has 1 aliphatic heterocycles. The summed E-state index contributed by atoms with van der Waals surface area (Å²) in [6, 6.07) is 10.3. The fourth-order valence-corrected chi connectivity index (χ4v) is 2.44. The lowest BCUT2D eigenvalue weighted by molar-refractivity contribution is -0.143. The summed E-state index contributed by atoms with van der Waals surface area (Å²) >= 11 is 0. The highest BCUT2D eigenvalue weighted by atomic mass is 16.7. The quantitative estimate of drug-likeness (QED) is 0.618. The molecule has 1 aromatic carbocycles. The largest absolute Gasteiger partial charge is 0.466 e. The van der Waals surface area contributed by atoms with Crippen LogP contribution in [0.4, 0.5) is 0 Å². The first-order chi connectivity index (χ1) is 10.00. The first-order valence-electron chi connectivity index (χ1n) is 7.16. The van der Waals surface area contributed by atoms with Gasteiger partial charge in [0.2, 0.25) is 0 Å². The number of carbonyl (C=O) groups is 1. The van der Waals surface area contributed by atoms with Crippen LogP contribution >= 0.6 is 0 Å². The van der Waals surface area contributed by atoms with Gasteiger partial charge in [-0.05, 0) is 38.3 Å². The average Bonchev–Trinajstić information content (AvgIpc) is 2.78. The Morgan fingerprint density at radius 2 is 2.00 bits per heavy atom. The Morgan fingerprint density at radius 1 is 1.29 bits per heavy atom. The van der Waals surface area contributed by atoms with Crippen LogP contribution in [0.25, 0.3) is 0 Å². The lowest BCUT2D eigenvalue weighted by atomic mass is 10.0. The van der Waals surface area contributed by atoms with E-state index in [-0.39, 0.29) is 18.2 Å². The van der Waals surface area contributed by atoms with Crippen molar-refractivity contribution in [2.45, 2.75) is 44.7 Å². The number of rotatable bonds is 5. The molecule has 2 rings (SSSR count). The van der Waals surface area contributed by atoms with Crippen molar-refractivity contribution in [3.8, 4) is 0 Å². The van der Waals surface area contributed by atoms with Crippen molar-refractivity contribution < 1.29 is 19.0 Å². The van der Waals surface area contributed by atoms with E-state index in [2.05, 4.69) is 16.9 Å². The van der Waals surface area contributed by atoms with E-state index in [1.807, 2.05) is 32.0 Å². The number of hydrogen-bond acceptors (Lipinski definition) is 4. The molecule has 0 aromatic heterocycles. The molecule has 1 aliphatic rings. The molecule has 0 bridgehead atoms. The fraction of sp³-hybridized carbons (Fsp3) is 0.471. The van der Waals surface area contributed by atoms with Crippen molar-refractivity contribution in [3.05, 3.63) is 48.0 Å². The number of carbonyl (C=O) groups excluding carboxylic acids is 1. The first kappa shape index (κ1) is 15.7. The van der Waals surface area contributed by atoms with Crippen LogP contribution in [0.2, 0.25) is 0 Å². The third kappa shape index (κ3) is 4.69. The Hall–Kier alpha value is -1.65. The highest BCUT2D eigenvalue weighted by molar-refractivity contribution is 5.81. The third-order valence-corrected chi connectivity index (χ3v) is 3.41. The van der Waals surface area contributed by atoms with Gasteiger partial charge in [-0.15, -0.1) is 0 Å². The standard InChI is InChI=1S/C17H22O4/c1-17(2)20-14(10-9-13-7-5-4-6-8-13)15(21-17)11-12-16(18)19-3/h4-8,11-12,14-15H,9-10H2,1-3H3/t14-,15-/m1/s1. The zero-order valence-corrected chi connectivity index (χ0v) is 12.7. The summed E-state index contributed by atoms with van der Waals surface area (Å²) in [6.07, 6.45) is 4.56. The maximum Gasteiger partial charge on any atom is 0.330 e. The summed E-state index contributed by atoms with van der Waals surface area (Å²) in [5.74, 6) is -1.02. The molecule has 4 nitrogen and oxygen atoms in total. The van der Waals surface area contributed by atoms with Crippen LogP contribution in [0, 0.1) is 0 Å². The van der Waals surface area contributed by atoms with Crippen molar-refractivity contribution in [2.24, 2.45) is 0 Å². The molecule has 0 spiro atoms. The molecular formula is C17H22O4. The summed E-state index contributed by atoms with van der Waals surface area (Å²) < 4.78 is 16.4. The monoisotopic (exact) mass is 290 g/mol. The van der Waals surface area contributed by atoms with E-state index in [9.17, 15) is 4.79 Å². The number of ether oxygens (including phenoxy) is 3. The molecule has 114 valence electrons. The topological polar surface area (TPSA) is 44.8 Å². The van der Waals surface area contributed by atoms with Crippen molar-refractivity contribution >= 4 is 5.97 Å². The van der Waals surface area contributed by atoms with Gasteiger partial charge in [-0.25, -0.2) is 4.79 Å². The zero-order chi connectivity index (χ0) is 15.3. The van der Waals surface area contributed by atoms with Crippen LogP contribution in [-0.4, -0.2) is 31.1 Å². The molecule has 0 radical (unpaired) electrons. The van der Waals surface area contributed by atoms with E-state index in [0.717, 1.165) is 12.8 Å². The Morgan fingerprint density at radius 3 is 2.67 bits per heavy atom. The van der Waals surface area contributed by atoms with Gasteiger partial charge in [0.05, 0.1) is 13.2 Å². The van der Waals surface area contributed by atoms with Crippen LogP contribution in [0.5, 0.6) is 0 Å². The Balaban J connectivity index is 1.98. The number of benzene rings is 1. The van der Waals surface area contributed by atoms with E-state index in [0.29, 0.717) is 0 Å². The van der Waals surface area contributed by atoms with Gasteiger partial charge in [0, 0.05) is 6.08 Å². The van der Waals surface area contributed by atoms with Gasteiger partial charge in [-0.3, -0.25) is 0 Å². The molecule has 2 atom stereocenters. The highest BCUT2D eigenvalue weighted by Gasteiger charge is 2.39. The van der Waals surface area contributed by atoms with Gasteiger partial charge in [-0.2, -0.15) is 0 Å². The summed E-state index contributed by atoms with van der Waals surface area (Å²) in [5.41, 5.74) is 1.27. The molecule has 1 heterocycles. The lowest BCUT2D eigenvalue weighted by Crippen LogP contribution is -2.22. The summed E-state index contributed by atoms with van der Waals surface area (Å²) in [5, 5.41) is 0. The minimum atomic E-state index is -0.632. The fourth-order valence-electron chi connectivity index (χ4n) is 2.44. The van der Waals surface area contributed by atoms with Crippen molar-refractivity contribution in [1.29, 1.82) is 0 Å². The molecule has 1 fully saturated rings. The van der Waals surface area contributed by atoms with Crippen LogP contribution < -0.4 is 0 Å². The Labute approximate surface area is 125 Å². The highest BCUT2D eigenvalue weighted by Crippen LogP contribution is 2.31. The zero-order valence-electron chi connectivity index (χ0n) is 12.7. The predicted molar refractivity (Wildman–Crippen MR) is 79.7 cm³/mol. The predicted octanol–water partition coefficient (Wildman–Crippen LogP) is 2.87. The number of hydrogen-bond donors (Lipinski definition) is 0. The summed E-state index contributed by atoms with van der Waals surface area (Å²) in [4.78, 5) is 11.2. The summed E-state index contributed by atoms with van der Waals surface area (Å²) in [7, 11) is 1.36. The van der Waals surface area contributed by atoms with Gasteiger partial charge in [0.15, 0.2) is 5.79 Å². The van der Waals surface area contributed by atoms with Gasteiger partial charge < -0.3 is 14.2 Å². The second kappa shape index (κ2) is 6.87. The second-order valence-electron chi connectivity index (χ2n) is 5.55. The molecule has 0 saturated carbocycles. The number of esters is 1. The number of aryl methyl sites for hydroxylation is 1. The third-order valence-electron chi connectivity index (χ3n) is 3.41. The Kier molecular flexibility index (Phi) is 5.15. The molecule has 0 unspecified atom stereocenters. The van der Waals surface area contributed by atoms with Crippen molar-refractivity contribution in [3.63, 3.8) is 0 Å². The van der Waals surface area contributed by atoms with Crippen molar-refractivity contribution in [1.82, 2.24) is 0 Å². The minimum absolute atomic E-state index is 0.0684. The molecule has 0 N–H and O–H groups in total.